The normalized spacial score (nSPS) is 17.3. The van der Waals surface area contributed by atoms with Crippen molar-refractivity contribution in [2.75, 3.05) is 5.01 Å². The second-order valence-electron chi connectivity index (χ2n) is 5.76. The Morgan fingerprint density at radius 2 is 1.61 bits per heavy atom. The third-order valence-corrected chi connectivity index (χ3v) is 4.13. The first kappa shape index (κ1) is 13.8. The van der Waals surface area contributed by atoms with Crippen molar-refractivity contribution in [2.45, 2.75) is 19.4 Å². The molecule has 0 bridgehead atoms. The van der Waals surface area contributed by atoms with Crippen LogP contribution >= 0.6 is 0 Å². The zero-order valence-electron chi connectivity index (χ0n) is 13.0. The topological polar surface area (TPSA) is 28.7 Å². The Hall–Kier alpha value is -2.81. The molecular formula is C20H18N2O. The first-order valence-electron chi connectivity index (χ1n) is 7.85. The van der Waals surface area contributed by atoms with E-state index >= 15 is 0 Å². The number of hydrogen-bond donors (Lipinski definition) is 0. The van der Waals surface area contributed by atoms with Gasteiger partial charge in [0.15, 0.2) is 0 Å². The summed E-state index contributed by atoms with van der Waals surface area (Å²) >= 11 is 0. The summed E-state index contributed by atoms with van der Waals surface area (Å²) in [5.74, 6) is 1.89. The van der Waals surface area contributed by atoms with Crippen LogP contribution in [0.4, 0.5) is 5.69 Å². The van der Waals surface area contributed by atoms with E-state index in [-0.39, 0.29) is 6.04 Å². The largest absolute Gasteiger partial charge is 0.464 e. The molecule has 0 aliphatic carbocycles. The molecule has 2 aromatic carbocycles. The quantitative estimate of drug-likeness (QED) is 0.685. The Bertz CT molecular complexity index is 821. The average molecular weight is 302 g/mol. The highest BCUT2D eigenvalue weighted by Crippen LogP contribution is 2.37. The van der Waals surface area contributed by atoms with Crippen molar-refractivity contribution < 1.29 is 4.42 Å². The maximum absolute atomic E-state index is 5.89. The Morgan fingerprint density at radius 3 is 2.26 bits per heavy atom. The van der Waals surface area contributed by atoms with Gasteiger partial charge in [0.1, 0.15) is 17.6 Å². The Labute approximate surface area is 135 Å². The first-order valence-corrected chi connectivity index (χ1v) is 7.85. The molecule has 3 heteroatoms. The number of anilines is 1. The molecule has 1 aliphatic heterocycles. The van der Waals surface area contributed by atoms with Gasteiger partial charge in [-0.25, -0.2) is 0 Å². The summed E-state index contributed by atoms with van der Waals surface area (Å²) in [7, 11) is 0. The minimum Gasteiger partial charge on any atom is -0.464 e. The van der Waals surface area contributed by atoms with Crippen molar-refractivity contribution in [3.63, 3.8) is 0 Å². The molecule has 3 aromatic rings. The lowest BCUT2D eigenvalue weighted by molar-refractivity contribution is 0.445. The second-order valence-corrected chi connectivity index (χ2v) is 5.76. The van der Waals surface area contributed by atoms with E-state index in [1.165, 1.54) is 5.56 Å². The maximum atomic E-state index is 5.89. The van der Waals surface area contributed by atoms with E-state index in [4.69, 9.17) is 9.52 Å². The summed E-state index contributed by atoms with van der Waals surface area (Å²) in [4.78, 5) is 0. The van der Waals surface area contributed by atoms with E-state index in [0.29, 0.717) is 0 Å². The highest BCUT2D eigenvalue weighted by Gasteiger charge is 2.31. The van der Waals surface area contributed by atoms with E-state index in [1.54, 1.807) is 0 Å². The summed E-state index contributed by atoms with van der Waals surface area (Å²) in [6.45, 7) is 1.98. The number of furan rings is 1. The molecule has 0 N–H and O–H groups in total. The standard InChI is InChI=1S/C20H18N2O/c1-15-12-13-20(23-15)19-14-18(16-8-4-2-5-9-16)21-22(19)17-10-6-3-7-11-17/h2-13,19H,14H2,1H3/t19-/m0/s1. The maximum Gasteiger partial charge on any atom is 0.129 e. The summed E-state index contributed by atoms with van der Waals surface area (Å²) in [6.07, 6.45) is 0.839. The van der Waals surface area contributed by atoms with E-state index in [1.807, 2.05) is 37.3 Å². The fourth-order valence-electron chi connectivity index (χ4n) is 2.99. The molecule has 0 amide bonds. The first-order chi connectivity index (χ1) is 11.3. The third kappa shape index (κ3) is 2.66. The summed E-state index contributed by atoms with van der Waals surface area (Å²) < 4.78 is 5.89. The minimum atomic E-state index is 0.0984. The number of hydrazone groups is 1. The molecule has 0 fully saturated rings. The van der Waals surface area contributed by atoms with Crippen LogP contribution in [0.3, 0.4) is 0 Å². The molecule has 1 atom stereocenters. The fraction of sp³-hybridized carbons (Fsp3) is 0.150. The van der Waals surface area contributed by atoms with Crippen molar-refractivity contribution in [3.8, 4) is 0 Å². The Morgan fingerprint density at radius 1 is 0.913 bits per heavy atom. The molecule has 114 valence electrons. The average Bonchev–Trinajstić information content (AvgIpc) is 3.23. The van der Waals surface area contributed by atoms with Crippen molar-refractivity contribution >= 4 is 11.4 Å². The summed E-state index contributed by atoms with van der Waals surface area (Å²) in [6, 6.07) is 24.8. The fourth-order valence-corrected chi connectivity index (χ4v) is 2.99. The lowest BCUT2D eigenvalue weighted by Gasteiger charge is -2.21. The number of aryl methyl sites for hydroxylation is 1. The Kier molecular flexibility index (Phi) is 3.46. The van der Waals surface area contributed by atoms with Gasteiger partial charge in [-0.1, -0.05) is 48.5 Å². The van der Waals surface area contributed by atoms with Crippen molar-refractivity contribution in [1.29, 1.82) is 0 Å². The van der Waals surface area contributed by atoms with Crippen LogP contribution in [0.25, 0.3) is 0 Å². The van der Waals surface area contributed by atoms with Crippen LogP contribution in [0.1, 0.15) is 29.5 Å². The number of rotatable bonds is 3. The molecule has 0 radical (unpaired) electrons. The molecule has 0 spiro atoms. The van der Waals surface area contributed by atoms with Gasteiger partial charge in [0.25, 0.3) is 0 Å². The van der Waals surface area contributed by atoms with E-state index in [9.17, 15) is 0 Å². The van der Waals surface area contributed by atoms with Crippen molar-refractivity contribution in [3.05, 3.63) is 89.9 Å². The van der Waals surface area contributed by atoms with Gasteiger partial charge in [-0.2, -0.15) is 5.10 Å². The zero-order valence-corrected chi connectivity index (χ0v) is 13.0. The van der Waals surface area contributed by atoms with E-state index in [2.05, 4.69) is 47.5 Å². The Balaban J connectivity index is 1.75. The van der Waals surface area contributed by atoms with Gasteiger partial charge >= 0.3 is 0 Å². The smallest absolute Gasteiger partial charge is 0.129 e. The minimum absolute atomic E-state index is 0.0984. The second kappa shape index (κ2) is 5.76. The van der Waals surface area contributed by atoms with Crippen molar-refractivity contribution in [2.24, 2.45) is 5.10 Å². The molecule has 0 unspecified atom stereocenters. The van der Waals surface area contributed by atoms with Gasteiger partial charge in [0.2, 0.25) is 0 Å². The molecule has 23 heavy (non-hydrogen) atoms. The molecule has 1 aliphatic rings. The van der Waals surface area contributed by atoms with Crippen LogP contribution in [0.5, 0.6) is 0 Å². The predicted molar refractivity (Wildman–Crippen MR) is 92.7 cm³/mol. The SMILES string of the molecule is Cc1ccc([C@@H]2CC(c3ccccc3)=NN2c2ccccc2)o1. The molecule has 3 nitrogen and oxygen atoms in total. The summed E-state index contributed by atoms with van der Waals surface area (Å²) in [5.41, 5.74) is 3.34. The lowest BCUT2D eigenvalue weighted by Crippen LogP contribution is -2.17. The van der Waals surface area contributed by atoms with Gasteiger partial charge in [-0.15, -0.1) is 0 Å². The highest BCUT2D eigenvalue weighted by atomic mass is 16.3. The van der Waals surface area contributed by atoms with Crippen LogP contribution in [0, 0.1) is 6.92 Å². The predicted octanol–water partition coefficient (Wildman–Crippen LogP) is 4.94. The van der Waals surface area contributed by atoms with Crippen molar-refractivity contribution in [1.82, 2.24) is 0 Å². The third-order valence-electron chi connectivity index (χ3n) is 4.13. The van der Waals surface area contributed by atoms with Gasteiger partial charge in [-0.3, -0.25) is 5.01 Å². The zero-order chi connectivity index (χ0) is 15.6. The van der Waals surface area contributed by atoms with Crippen LogP contribution < -0.4 is 5.01 Å². The van der Waals surface area contributed by atoms with E-state index in [0.717, 1.165) is 29.3 Å². The van der Waals surface area contributed by atoms with Gasteiger partial charge in [0, 0.05) is 6.42 Å². The molecule has 4 rings (SSSR count). The molecular weight excluding hydrogens is 284 g/mol. The number of benzene rings is 2. The van der Waals surface area contributed by atoms with Crippen LogP contribution in [-0.2, 0) is 0 Å². The van der Waals surface area contributed by atoms with Gasteiger partial charge < -0.3 is 4.42 Å². The number of nitrogens with zero attached hydrogens (tertiary/aromatic N) is 2. The van der Waals surface area contributed by atoms with Gasteiger partial charge in [-0.05, 0) is 36.8 Å². The molecule has 0 saturated carbocycles. The van der Waals surface area contributed by atoms with Crippen LogP contribution in [-0.4, -0.2) is 5.71 Å². The molecule has 2 heterocycles. The molecule has 1 aromatic heterocycles. The van der Waals surface area contributed by atoms with Crippen LogP contribution in [0.2, 0.25) is 0 Å². The molecule has 0 saturated heterocycles. The van der Waals surface area contributed by atoms with Crippen LogP contribution in [0.15, 0.2) is 82.3 Å². The van der Waals surface area contributed by atoms with Gasteiger partial charge in [0.05, 0.1) is 11.4 Å². The number of para-hydroxylation sites is 1. The highest BCUT2D eigenvalue weighted by molar-refractivity contribution is 6.03. The number of hydrogen-bond acceptors (Lipinski definition) is 3. The van der Waals surface area contributed by atoms with E-state index < -0.39 is 0 Å². The summed E-state index contributed by atoms with van der Waals surface area (Å²) in [5, 5.41) is 6.96. The monoisotopic (exact) mass is 302 g/mol. The lowest BCUT2D eigenvalue weighted by atomic mass is 10.0.